The Bertz CT molecular complexity index is 1270. The first kappa shape index (κ1) is 20.5. The van der Waals surface area contributed by atoms with Crippen LogP contribution in [0.5, 0.6) is 0 Å². The normalized spacial score (nSPS) is 16.7. The van der Waals surface area contributed by atoms with E-state index >= 15 is 4.39 Å². The fourth-order valence-electron chi connectivity index (χ4n) is 4.07. The highest BCUT2D eigenvalue weighted by Gasteiger charge is 2.35. The third-order valence-electron chi connectivity index (χ3n) is 6.10. The van der Waals surface area contributed by atoms with E-state index in [1.807, 2.05) is 23.1 Å². The SMILES string of the molecule is CN(N)c1c(N)nc(N2CCOCc3c(C#CC4(C)CC4)cccc32)c2c(F)cncc12. The van der Waals surface area contributed by atoms with Crippen LogP contribution in [-0.2, 0) is 11.3 Å². The number of fused-ring (bicyclic) bond motifs is 2. The van der Waals surface area contributed by atoms with Crippen LogP contribution in [0.4, 0.5) is 27.4 Å². The molecule has 1 aromatic carbocycles. The fraction of sp³-hybridized carbons (Fsp3) is 0.333. The average Bonchev–Trinajstić information content (AvgIpc) is 3.53. The monoisotopic (exact) mass is 432 g/mol. The van der Waals surface area contributed by atoms with Crippen molar-refractivity contribution in [3.63, 3.8) is 0 Å². The maximum atomic E-state index is 15.1. The summed E-state index contributed by atoms with van der Waals surface area (Å²) in [6, 6.07) is 5.95. The zero-order valence-corrected chi connectivity index (χ0v) is 18.2. The molecule has 1 aliphatic heterocycles. The Morgan fingerprint density at radius 1 is 1.28 bits per heavy atom. The number of rotatable bonds is 2. The molecule has 1 aliphatic carbocycles. The molecule has 0 spiro atoms. The fourth-order valence-corrected chi connectivity index (χ4v) is 4.07. The maximum Gasteiger partial charge on any atom is 0.153 e. The van der Waals surface area contributed by atoms with E-state index < -0.39 is 5.82 Å². The molecule has 5 rings (SSSR count). The standard InChI is InChI=1S/C24H25FN6O/c1-24(8-9-24)7-6-15-4-3-5-19-17(15)14-32-11-10-31(19)23-20-16(12-28-13-18(20)25)21(30(2)27)22(26)29-23/h3-5,12-13H,8-11,14,27H2,1-2H3,(H2,26,29). The van der Waals surface area contributed by atoms with Crippen LogP contribution in [0, 0.1) is 23.1 Å². The maximum absolute atomic E-state index is 15.1. The highest BCUT2D eigenvalue weighted by atomic mass is 19.1. The molecule has 1 saturated carbocycles. The van der Waals surface area contributed by atoms with Gasteiger partial charge in [0.05, 0.1) is 24.8 Å². The van der Waals surface area contributed by atoms with Gasteiger partial charge < -0.3 is 20.4 Å². The van der Waals surface area contributed by atoms with Crippen LogP contribution in [0.25, 0.3) is 10.8 Å². The number of nitrogens with zero attached hydrogens (tertiary/aromatic N) is 4. The molecule has 8 heteroatoms. The van der Waals surface area contributed by atoms with Crippen LogP contribution in [0.3, 0.4) is 0 Å². The van der Waals surface area contributed by atoms with E-state index in [0.717, 1.165) is 29.7 Å². The molecule has 2 aromatic heterocycles. The summed E-state index contributed by atoms with van der Waals surface area (Å²) < 4.78 is 21.0. The molecule has 32 heavy (non-hydrogen) atoms. The van der Waals surface area contributed by atoms with E-state index in [-0.39, 0.29) is 11.2 Å². The van der Waals surface area contributed by atoms with Gasteiger partial charge in [-0.2, -0.15) is 0 Å². The van der Waals surface area contributed by atoms with Crippen molar-refractivity contribution in [3.05, 3.63) is 47.5 Å². The second-order valence-electron chi connectivity index (χ2n) is 8.64. The molecule has 0 atom stereocenters. The van der Waals surface area contributed by atoms with E-state index in [4.69, 9.17) is 16.3 Å². The number of benzene rings is 1. The van der Waals surface area contributed by atoms with E-state index in [0.29, 0.717) is 42.0 Å². The molecule has 1 fully saturated rings. The molecule has 2 aliphatic rings. The van der Waals surface area contributed by atoms with Gasteiger partial charge in [-0.25, -0.2) is 15.2 Å². The van der Waals surface area contributed by atoms with E-state index in [1.54, 1.807) is 13.2 Å². The summed E-state index contributed by atoms with van der Waals surface area (Å²) in [5.74, 6) is 12.8. The summed E-state index contributed by atoms with van der Waals surface area (Å²) >= 11 is 0. The van der Waals surface area contributed by atoms with Gasteiger partial charge in [0, 0.05) is 47.4 Å². The number of hydrazine groups is 1. The summed E-state index contributed by atoms with van der Waals surface area (Å²) in [7, 11) is 1.64. The van der Waals surface area contributed by atoms with Crippen molar-refractivity contribution in [2.45, 2.75) is 26.4 Å². The lowest BCUT2D eigenvalue weighted by Gasteiger charge is -2.27. The highest BCUT2D eigenvalue weighted by Crippen LogP contribution is 2.44. The third kappa shape index (κ3) is 3.49. The minimum absolute atomic E-state index is 0.112. The van der Waals surface area contributed by atoms with Crippen molar-refractivity contribution in [1.82, 2.24) is 9.97 Å². The van der Waals surface area contributed by atoms with Gasteiger partial charge in [0.25, 0.3) is 0 Å². The third-order valence-corrected chi connectivity index (χ3v) is 6.10. The summed E-state index contributed by atoms with van der Waals surface area (Å²) in [4.78, 5) is 10.6. The predicted octanol–water partition coefficient (Wildman–Crippen LogP) is 3.48. The Hall–Kier alpha value is -3.41. The zero-order valence-electron chi connectivity index (χ0n) is 18.2. The van der Waals surface area contributed by atoms with Crippen molar-refractivity contribution < 1.29 is 9.13 Å². The Morgan fingerprint density at radius 2 is 2.09 bits per heavy atom. The number of anilines is 4. The van der Waals surface area contributed by atoms with Gasteiger partial charge in [-0.3, -0.25) is 4.98 Å². The molecule has 0 amide bonds. The van der Waals surface area contributed by atoms with Crippen molar-refractivity contribution in [2.24, 2.45) is 11.3 Å². The van der Waals surface area contributed by atoms with Crippen LogP contribution in [0.15, 0.2) is 30.6 Å². The van der Waals surface area contributed by atoms with Crippen molar-refractivity contribution in [2.75, 3.05) is 35.8 Å². The lowest BCUT2D eigenvalue weighted by atomic mass is 10.0. The summed E-state index contributed by atoms with van der Waals surface area (Å²) in [5, 5.41) is 2.15. The summed E-state index contributed by atoms with van der Waals surface area (Å²) in [6.45, 7) is 3.54. The van der Waals surface area contributed by atoms with E-state index in [9.17, 15) is 0 Å². The zero-order chi connectivity index (χ0) is 22.5. The number of halogens is 1. The number of hydrogen-bond donors (Lipinski definition) is 2. The van der Waals surface area contributed by atoms with Crippen LogP contribution < -0.4 is 21.5 Å². The smallest absolute Gasteiger partial charge is 0.153 e. The molecular formula is C24H25FN6O. The first-order chi connectivity index (χ1) is 15.4. The molecule has 7 nitrogen and oxygen atoms in total. The van der Waals surface area contributed by atoms with E-state index in [1.165, 1.54) is 11.2 Å². The summed E-state index contributed by atoms with van der Waals surface area (Å²) in [5.41, 5.74) is 9.58. The summed E-state index contributed by atoms with van der Waals surface area (Å²) in [6.07, 6.45) is 4.99. The number of nitrogens with two attached hydrogens (primary N) is 2. The topological polar surface area (TPSA) is 93.5 Å². The van der Waals surface area contributed by atoms with Gasteiger partial charge in [-0.15, -0.1) is 0 Å². The lowest BCUT2D eigenvalue weighted by molar-refractivity contribution is 0.133. The Kier molecular flexibility index (Phi) is 4.88. The van der Waals surface area contributed by atoms with Crippen molar-refractivity contribution >= 4 is 33.8 Å². The molecule has 0 saturated heterocycles. The van der Waals surface area contributed by atoms with Gasteiger partial charge in [0.1, 0.15) is 11.5 Å². The number of aromatic nitrogens is 2. The van der Waals surface area contributed by atoms with Crippen LogP contribution in [0.2, 0.25) is 0 Å². The molecule has 164 valence electrons. The van der Waals surface area contributed by atoms with Crippen molar-refractivity contribution in [1.29, 1.82) is 0 Å². The number of pyridine rings is 2. The average molecular weight is 433 g/mol. The first-order valence-corrected chi connectivity index (χ1v) is 10.6. The predicted molar refractivity (Wildman–Crippen MR) is 124 cm³/mol. The van der Waals surface area contributed by atoms with Gasteiger partial charge in [0.2, 0.25) is 0 Å². The van der Waals surface area contributed by atoms with Crippen LogP contribution in [-0.4, -0.2) is 30.2 Å². The molecule has 4 N–H and O–H groups in total. The minimum atomic E-state index is -0.489. The Labute approximate surface area is 186 Å². The van der Waals surface area contributed by atoms with Gasteiger partial charge in [-0.05, 0) is 31.9 Å². The molecule has 0 radical (unpaired) electrons. The Morgan fingerprint density at radius 3 is 2.84 bits per heavy atom. The largest absolute Gasteiger partial charge is 0.382 e. The van der Waals surface area contributed by atoms with Crippen LogP contribution >= 0.6 is 0 Å². The number of hydrogen-bond acceptors (Lipinski definition) is 7. The highest BCUT2D eigenvalue weighted by molar-refractivity contribution is 6.05. The first-order valence-electron chi connectivity index (χ1n) is 10.6. The second-order valence-corrected chi connectivity index (χ2v) is 8.64. The van der Waals surface area contributed by atoms with Crippen molar-refractivity contribution in [3.8, 4) is 11.8 Å². The van der Waals surface area contributed by atoms with E-state index in [2.05, 4.69) is 28.7 Å². The molecular weight excluding hydrogens is 407 g/mol. The number of nitrogen functional groups attached to an aromatic ring is 1. The van der Waals surface area contributed by atoms with Gasteiger partial charge in [0.15, 0.2) is 11.6 Å². The molecule has 0 unspecified atom stereocenters. The minimum Gasteiger partial charge on any atom is -0.382 e. The Balaban J connectivity index is 1.72. The van der Waals surface area contributed by atoms with Crippen LogP contribution in [0.1, 0.15) is 30.9 Å². The number of ether oxygens (including phenoxy) is 1. The molecule has 0 bridgehead atoms. The molecule has 3 heterocycles. The lowest BCUT2D eigenvalue weighted by Crippen LogP contribution is -2.28. The van der Waals surface area contributed by atoms with Gasteiger partial charge >= 0.3 is 0 Å². The quantitative estimate of drug-likeness (QED) is 0.364. The van der Waals surface area contributed by atoms with Gasteiger partial charge in [-0.1, -0.05) is 17.9 Å². The molecule has 3 aromatic rings. The second kappa shape index (κ2) is 7.62.